The van der Waals surface area contributed by atoms with Crippen molar-refractivity contribution in [3.63, 3.8) is 0 Å². The maximum Gasteiger partial charge on any atom is 0.305 e. The smallest absolute Gasteiger partial charge is 0.305 e. The van der Waals surface area contributed by atoms with Crippen LogP contribution < -0.4 is 4.74 Å². The Morgan fingerprint density at radius 2 is 1.92 bits per heavy atom. The average molecular weight is 373 g/mol. The molecular weight excluding hydrogens is 352 g/mol. The zero-order chi connectivity index (χ0) is 18.4. The number of hydrogen-bond donors (Lipinski definition) is 0. The number of hydrogen-bond acceptors (Lipinski definition) is 4. The topological polar surface area (TPSA) is 53.4 Å². The number of aromatic nitrogens is 2. The number of methoxy groups -OCH3 is 1. The normalized spacial score (nSPS) is 10.8. The fourth-order valence-corrected chi connectivity index (χ4v) is 3.06. The number of halogens is 1. The van der Waals surface area contributed by atoms with Gasteiger partial charge >= 0.3 is 5.97 Å². The van der Waals surface area contributed by atoms with Crippen LogP contribution in [0.5, 0.6) is 5.75 Å². The second kappa shape index (κ2) is 8.72. The zero-order valence-corrected chi connectivity index (χ0v) is 15.4. The van der Waals surface area contributed by atoms with E-state index < -0.39 is 0 Å². The van der Waals surface area contributed by atoms with E-state index in [1.54, 1.807) is 0 Å². The Morgan fingerprint density at radius 1 is 1.12 bits per heavy atom. The molecule has 1 aromatic heterocycles. The summed E-state index contributed by atoms with van der Waals surface area (Å²) in [5.41, 5.74) is 2.69. The van der Waals surface area contributed by atoms with Gasteiger partial charge in [0.15, 0.2) is 0 Å². The highest BCUT2D eigenvalue weighted by Gasteiger charge is 2.11. The van der Waals surface area contributed by atoms with Crippen molar-refractivity contribution in [3.05, 3.63) is 53.8 Å². The monoisotopic (exact) mass is 372 g/mol. The first-order valence-corrected chi connectivity index (χ1v) is 9.00. The van der Waals surface area contributed by atoms with Gasteiger partial charge in [-0.2, -0.15) is 0 Å². The standard InChI is InChI=1S/C20H21ClN2O3/c1-25-19(24)10-6-3-7-13-26-16-11-12-17-18(14-16)23(20(21)22-17)15-8-4-2-5-9-15/h2,4-5,8-9,11-12,14H,3,6-7,10,13H2,1H3. The molecule has 26 heavy (non-hydrogen) atoms. The summed E-state index contributed by atoms with van der Waals surface area (Å²) in [5, 5.41) is 0.422. The summed E-state index contributed by atoms with van der Waals surface area (Å²) < 4.78 is 12.4. The molecule has 0 bridgehead atoms. The van der Waals surface area contributed by atoms with Crippen molar-refractivity contribution in [1.82, 2.24) is 9.55 Å². The SMILES string of the molecule is COC(=O)CCCCCOc1ccc2nc(Cl)n(-c3ccccc3)c2c1. The van der Waals surface area contributed by atoms with Gasteiger partial charge in [0.25, 0.3) is 0 Å². The van der Waals surface area contributed by atoms with E-state index in [0.717, 1.165) is 41.7 Å². The van der Waals surface area contributed by atoms with Gasteiger partial charge in [0, 0.05) is 18.2 Å². The lowest BCUT2D eigenvalue weighted by Gasteiger charge is -2.08. The number of benzene rings is 2. The van der Waals surface area contributed by atoms with E-state index in [1.165, 1.54) is 7.11 Å². The summed E-state index contributed by atoms with van der Waals surface area (Å²) in [6.45, 7) is 0.597. The second-order valence-corrected chi connectivity index (χ2v) is 6.28. The van der Waals surface area contributed by atoms with Crippen LogP contribution in [0, 0.1) is 0 Å². The molecule has 0 saturated carbocycles. The fraction of sp³-hybridized carbons (Fsp3) is 0.300. The summed E-state index contributed by atoms with van der Waals surface area (Å²) in [6.07, 6.45) is 3.07. The molecule has 0 aliphatic heterocycles. The number of fused-ring (bicyclic) bond motifs is 1. The van der Waals surface area contributed by atoms with E-state index in [1.807, 2.05) is 53.1 Å². The van der Waals surface area contributed by atoms with Gasteiger partial charge in [0.05, 0.1) is 24.8 Å². The molecular formula is C20H21ClN2O3. The van der Waals surface area contributed by atoms with Crippen LogP contribution in [0.3, 0.4) is 0 Å². The number of rotatable bonds is 8. The Labute approximate surface area is 157 Å². The van der Waals surface area contributed by atoms with Crippen molar-refractivity contribution < 1.29 is 14.3 Å². The van der Waals surface area contributed by atoms with Crippen LogP contribution in [0.2, 0.25) is 5.28 Å². The minimum Gasteiger partial charge on any atom is -0.494 e. The molecule has 136 valence electrons. The predicted octanol–water partition coefficient (Wildman–Crippen LogP) is 4.79. The van der Waals surface area contributed by atoms with Gasteiger partial charge in [-0.3, -0.25) is 9.36 Å². The molecule has 3 rings (SSSR count). The predicted molar refractivity (Wildman–Crippen MR) is 102 cm³/mol. The molecule has 5 nitrogen and oxygen atoms in total. The van der Waals surface area contributed by atoms with E-state index >= 15 is 0 Å². The van der Waals surface area contributed by atoms with Crippen LogP contribution in [-0.2, 0) is 9.53 Å². The zero-order valence-electron chi connectivity index (χ0n) is 14.7. The Bertz CT molecular complexity index is 877. The number of unbranched alkanes of at least 4 members (excludes halogenated alkanes) is 2. The van der Waals surface area contributed by atoms with Crippen molar-refractivity contribution in [3.8, 4) is 11.4 Å². The van der Waals surface area contributed by atoms with Crippen LogP contribution in [0.25, 0.3) is 16.7 Å². The molecule has 0 spiro atoms. The van der Waals surface area contributed by atoms with Crippen LogP contribution in [0.4, 0.5) is 0 Å². The Morgan fingerprint density at radius 3 is 2.69 bits per heavy atom. The molecule has 0 N–H and O–H groups in total. The third kappa shape index (κ3) is 4.35. The van der Waals surface area contributed by atoms with Gasteiger partial charge in [-0.15, -0.1) is 0 Å². The van der Waals surface area contributed by atoms with Crippen molar-refractivity contribution in [2.24, 2.45) is 0 Å². The average Bonchev–Trinajstić information content (AvgIpc) is 3.00. The number of carbonyl (C=O) groups is 1. The number of nitrogens with zero attached hydrogens (tertiary/aromatic N) is 2. The summed E-state index contributed by atoms with van der Waals surface area (Å²) >= 11 is 6.33. The van der Waals surface area contributed by atoms with Gasteiger partial charge in [0.1, 0.15) is 5.75 Å². The quantitative estimate of drug-likeness (QED) is 0.421. The lowest BCUT2D eigenvalue weighted by Crippen LogP contribution is -2.01. The Kier molecular flexibility index (Phi) is 6.12. The highest BCUT2D eigenvalue weighted by atomic mass is 35.5. The largest absolute Gasteiger partial charge is 0.494 e. The summed E-state index contributed by atoms with van der Waals surface area (Å²) in [7, 11) is 1.41. The first-order chi connectivity index (χ1) is 12.7. The third-order valence-corrected chi connectivity index (χ3v) is 4.37. The van der Waals surface area contributed by atoms with Crippen LogP contribution in [-0.4, -0.2) is 29.2 Å². The summed E-state index contributed by atoms with van der Waals surface area (Å²) in [6, 6.07) is 15.6. The van der Waals surface area contributed by atoms with E-state index in [0.29, 0.717) is 18.3 Å². The molecule has 0 fully saturated rings. The number of para-hydroxylation sites is 1. The lowest BCUT2D eigenvalue weighted by atomic mass is 10.2. The maximum atomic E-state index is 11.1. The molecule has 6 heteroatoms. The second-order valence-electron chi connectivity index (χ2n) is 5.94. The van der Waals surface area contributed by atoms with E-state index in [-0.39, 0.29) is 5.97 Å². The molecule has 0 atom stereocenters. The van der Waals surface area contributed by atoms with E-state index in [9.17, 15) is 4.79 Å². The number of imidazole rings is 1. The fourth-order valence-electron chi connectivity index (χ4n) is 2.78. The first kappa shape index (κ1) is 18.3. The lowest BCUT2D eigenvalue weighted by molar-refractivity contribution is -0.140. The minimum atomic E-state index is -0.164. The first-order valence-electron chi connectivity index (χ1n) is 8.62. The van der Waals surface area contributed by atoms with Gasteiger partial charge in [-0.1, -0.05) is 18.2 Å². The molecule has 0 unspecified atom stereocenters. The Balaban J connectivity index is 1.65. The van der Waals surface area contributed by atoms with Crippen LogP contribution in [0.15, 0.2) is 48.5 Å². The number of esters is 1. The molecule has 0 radical (unpaired) electrons. The van der Waals surface area contributed by atoms with Crippen molar-refractivity contribution in [1.29, 1.82) is 0 Å². The number of ether oxygens (including phenoxy) is 2. The molecule has 0 aliphatic carbocycles. The van der Waals surface area contributed by atoms with Gasteiger partial charge < -0.3 is 9.47 Å². The number of carbonyl (C=O) groups excluding carboxylic acids is 1. The van der Waals surface area contributed by atoms with Crippen molar-refractivity contribution >= 4 is 28.6 Å². The van der Waals surface area contributed by atoms with E-state index in [4.69, 9.17) is 16.3 Å². The molecule has 3 aromatic rings. The highest BCUT2D eigenvalue weighted by molar-refractivity contribution is 6.29. The highest BCUT2D eigenvalue weighted by Crippen LogP contribution is 2.27. The van der Waals surface area contributed by atoms with Gasteiger partial charge in [-0.05, 0) is 55.1 Å². The molecule has 2 aromatic carbocycles. The summed E-state index contributed by atoms with van der Waals surface area (Å²) in [5.74, 6) is 0.613. The third-order valence-electron chi connectivity index (χ3n) is 4.12. The van der Waals surface area contributed by atoms with Crippen LogP contribution >= 0.6 is 11.6 Å². The van der Waals surface area contributed by atoms with Crippen molar-refractivity contribution in [2.45, 2.75) is 25.7 Å². The van der Waals surface area contributed by atoms with Gasteiger partial charge in [0.2, 0.25) is 5.28 Å². The summed E-state index contributed by atoms with van der Waals surface area (Å²) in [4.78, 5) is 15.5. The molecule has 1 heterocycles. The maximum absolute atomic E-state index is 11.1. The molecule has 0 aliphatic rings. The molecule has 0 amide bonds. The Hall–Kier alpha value is -2.53. The minimum absolute atomic E-state index is 0.164. The van der Waals surface area contributed by atoms with Crippen LogP contribution in [0.1, 0.15) is 25.7 Å². The molecule has 0 saturated heterocycles. The van der Waals surface area contributed by atoms with E-state index in [2.05, 4.69) is 9.72 Å². The van der Waals surface area contributed by atoms with Crippen molar-refractivity contribution in [2.75, 3.05) is 13.7 Å². The van der Waals surface area contributed by atoms with Gasteiger partial charge in [-0.25, -0.2) is 4.98 Å².